The summed E-state index contributed by atoms with van der Waals surface area (Å²) in [5.41, 5.74) is 1.04. The van der Waals surface area contributed by atoms with E-state index in [2.05, 4.69) is 15.9 Å². The minimum absolute atomic E-state index is 0.286. The third kappa shape index (κ3) is 3.37. The zero-order chi connectivity index (χ0) is 16.4. The van der Waals surface area contributed by atoms with Crippen LogP contribution in [0.3, 0.4) is 0 Å². The number of ether oxygens (including phenoxy) is 1. The fourth-order valence-corrected chi connectivity index (χ4v) is 2.66. The van der Waals surface area contributed by atoms with Crippen molar-refractivity contribution in [1.29, 1.82) is 0 Å². The Morgan fingerprint density at radius 1 is 1.13 bits per heavy atom. The van der Waals surface area contributed by atoms with E-state index < -0.39 is 11.4 Å². The van der Waals surface area contributed by atoms with Crippen molar-refractivity contribution in [3.63, 3.8) is 0 Å². The highest BCUT2D eigenvalue weighted by atomic mass is 79.9. The van der Waals surface area contributed by atoms with Crippen LogP contribution >= 0.6 is 15.9 Å². The lowest BCUT2D eigenvalue weighted by Crippen LogP contribution is -2.27. The van der Waals surface area contributed by atoms with E-state index in [9.17, 15) is 9.59 Å². The summed E-state index contributed by atoms with van der Waals surface area (Å²) in [5.74, 6) is 0.0467. The van der Waals surface area contributed by atoms with E-state index in [0.29, 0.717) is 17.5 Å². The monoisotopic (exact) mass is 375 g/mol. The molecule has 0 N–H and O–H groups in total. The highest BCUT2D eigenvalue weighted by molar-refractivity contribution is 9.10. The van der Waals surface area contributed by atoms with Gasteiger partial charge in [0.25, 0.3) is 0 Å². The van der Waals surface area contributed by atoms with Crippen LogP contribution < -0.4 is 16.1 Å². The third-order valence-electron chi connectivity index (χ3n) is 3.47. The van der Waals surface area contributed by atoms with E-state index in [4.69, 9.17) is 9.15 Å². The van der Waals surface area contributed by atoms with Crippen molar-refractivity contribution in [2.24, 2.45) is 0 Å². The van der Waals surface area contributed by atoms with Crippen molar-refractivity contribution in [1.82, 2.24) is 4.57 Å². The Bertz CT molecular complexity index is 957. The molecule has 5 nitrogen and oxygen atoms in total. The van der Waals surface area contributed by atoms with Crippen LogP contribution in [0.5, 0.6) is 5.75 Å². The lowest BCUT2D eigenvalue weighted by Gasteiger charge is -2.10. The summed E-state index contributed by atoms with van der Waals surface area (Å²) < 4.78 is 12.6. The predicted octanol–water partition coefficient (Wildman–Crippen LogP) is 3.10. The number of fused-ring (bicyclic) bond motifs is 1. The first-order valence-electron chi connectivity index (χ1n) is 7.07. The Morgan fingerprint density at radius 2 is 1.87 bits per heavy atom. The minimum Gasteiger partial charge on any atom is -0.492 e. The van der Waals surface area contributed by atoms with Crippen molar-refractivity contribution < 1.29 is 9.15 Å². The van der Waals surface area contributed by atoms with Gasteiger partial charge in [0.2, 0.25) is 0 Å². The van der Waals surface area contributed by atoms with Gasteiger partial charge in [0.15, 0.2) is 0 Å². The summed E-state index contributed by atoms with van der Waals surface area (Å²) in [5, 5.41) is 0.356. The van der Waals surface area contributed by atoms with Crippen molar-refractivity contribution in [2.75, 3.05) is 6.61 Å². The number of benzene rings is 2. The smallest absolute Gasteiger partial charge is 0.422 e. The van der Waals surface area contributed by atoms with Crippen LogP contribution in [0.4, 0.5) is 0 Å². The normalized spacial score (nSPS) is 10.9. The van der Waals surface area contributed by atoms with Gasteiger partial charge in [-0.1, -0.05) is 33.6 Å². The second-order valence-electron chi connectivity index (χ2n) is 5.13. The van der Waals surface area contributed by atoms with E-state index in [1.165, 1.54) is 4.57 Å². The number of halogens is 1. The molecular weight excluding hydrogens is 362 g/mol. The molecule has 2 aromatic carbocycles. The molecule has 0 radical (unpaired) electrons. The highest BCUT2D eigenvalue weighted by Gasteiger charge is 2.10. The maximum atomic E-state index is 12.0. The molecule has 1 heterocycles. The van der Waals surface area contributed by atoms with E-state index in [-0.39, 0.29) is 6.54 Å². The Hall–Kier alpha value is -2.34. The largest absolute Gasteiger partial charge is 0.492 e. The first-order chi connectivity index (χ1) is 11.0. The number of aryl methyl sites for hydroxylation is 1. The summed E-state index contributed by atoms with van der Waals surface area (Å²) >= 11 is 3.31. The van der Waals surface area contributed by atoms with Crippen LogP contribution in [0.25, 0.3) is 10.9 Å². The minimum atomic E-state index is -0.683. The van der Waals surface area contributed by atoms with Gasteiger partial charge < -0.3 is 9.15 Å². The maximum Gasteiger partial charge on any atom is 0.422 e. The molecule has 1 aromatic heterocycles. The molecule has 6 heteroatoms. The standard InChI is InChI=1S/C17H14BrNO4/c1-11-2-5-13(6-3-11)22-9-8-19-15-7-4-12(18)10-14(15)16(20)23-17(19)21/h2-7,10H,8-9H2,1H3. The summed E-state index contributed by atoms with van der Waals surface area (Å²) in [6, 6.07) is 12.8. The average Bonchev–Trinajstić information content (AvgIpc) is 2.52. The summed E-state index contributed by atoms with van der Waals surface area (Å²) in [4.78, 5) is 23.8. The lowest BCUT2D eigenvalue weighted by atomic mass is 10.2. The van der Waals surface area contributed by atoms with Crippen LogP contribution in [-0.4, -0.2) is 11.2 Å². The molecule has 0 saturated carbocycles. The molecule has 23 heavy (non-hydrogen) atoms. The number of nitrogens with zero attached hydrogens (tertiary/aromatic N) is 1. The molecule has 0 amide bonds. The Kier molecular flexibility index (Phi) is 4.34. The van der Waals surface area contributed by atoms with Gasteiger partial charge in [-0.05, 0) is 37.3 Å². The van der Waals surface area contributed by atoms with E-state index in [0.717, 1.165) is 15.8 Å². The molecule has 0 bridgehead atoms. The molecule has 0 unspecified atom stereocenters. The molecule has 118 valence electrons. The third-order valence-corrected chi connectivity index (χ3v) is 3.97. The molecule has 0 fully saturated rings. The molecular formula is C17H14BrNO4. The highest BCUT2D eigenvalue weighted by Crippen LogP contribution is 2.16. The number of hydrogen-bond acceptors (Lipinski definition) is 4. The van der Waals surface area contributed by atoms with Crippen LogP contribution in [0.2, 0.25) is 0 Å². The molecule has 3 rings (SSSR count). The van der Waals surface area contributed by atoms with E-state index in [1.807, 2.05) is 31.2 Å². The van der Waals surface area contributed by atoms with Gasteiger partial charge >= 0.3 is 11.4 Å². The number of hydrogen-bond donors (Lipinski definition) is 0. The van der Waals surface area contributed by atoms with Crippen molar-refractivity contribution in [2.45, 2.75) is 13.5 Å². The Labute approximate surface area is 140 Å². The summed E-state index contributed by atoms with van der Waals surface area (Å²) in [6.45, 7) is 2.58. The molecule has 0 atom stereocenters. The molecule has 0 aliphatic carbocycles. The van der Waals surface area contributed by atoms with Gasteiger partial charge in [0.05, 0.1) is 17.4 Å². The van der Waals surface area contributed by atoms with E-state index >= 15 is 0 Å². The second-order valence-corrected chi connectivity index (χ2v) is 6.05. The zero-order valence-electron chi connectivity index (χ0n) is 12.4. The van der Waals surface area contributed by atoms with Crippen LogP contribution in [0, 0.1) is 6.92 Å². The maximum absolute atomic E-state index is 12.0. The number of rotatable bonds is 4. The Balaban J connectivity index is 1.86. The lowest BCUT2D eigenvalue weighted by molar-refractivity contribution is 0.287. The van der Waals surface area contributed by atoms with Crippen LogP contribution in [0.1, 0.15) is 5.56 Å². The van der Waals surface area contributed by atoms with Gasteiger partial charge in [0, 0.05) is 4.47 Å². The SMILES string of the molecule is Cc1ccc(OCCn2c(=O)oc(=O)c3cc(Br)ccc32)cc1. The van der Waals surface area contributed by atoms with Gasteiger partial charge in [-0.3, -0.25) is 4.57 Å². The molecule has 0 saturated heterocycles. The topological polar surface area (TPSA) is 61.4 Å². The fourth-order valence-electron chi connectivity index (χ4n) is 2.30. The Morgan fingerprint density at radius 3 is 2.61 bits per heavy atom. The fraction of sp³-hybridized carbons (Fsp3) is 0.176. The molecule has 0 spiro atoms. The first kappa shape index (κ1) is 15.6. The quantitative estimate of drug-likeness (QED) is 0.702. The van der Waals surface area contributed by atoms with Gasteiger partial charge in [-0.15, -0.1) is 0 Å². The molecule has 0 aliphatic heterocycles. The summed E-state index contributed by atoms with van der Waals surface area (Å²) in [7, 11) is 0. The van der Waals surface area contributed by atoms with Crippen molar-refractivity contribution in [3.8, 4) is 5.75 Å². The predicted molar refractivity (Wildman–Crippen MR) is 91.1 cm³/mol. The van der Waals surface area contributed by atoms with Gasteiger partial charge in [-0.2, -0.15) is 0 Å². The zero-order valence-corrected chi connectivity index (χ0v) is 14.0. The van der Waals surface area contributed by atoms with Gasteiger partial charge in [-0.25, -0.2) is 9.59 Å². The molecule has 0 aliphatic rings. The van der Waals surface area contributed by atoms with E-state index in [1.54, 1.807) is 18.2 Å². The van der Waals surface area contributed by atoms with Crippen LogP contribution in [0.15, 0.2) is 60.9 Å². The van der Waals surface area contributed by atoms with Crippen molar-refractivity contribution in [3.05, 3.63) is 73.5 Å². The average molecular weight is 376 g/mol. The van der Waals surface area contributed by atoms with Crippen molar-refractivity contribution >= 4 is 26.8 Å². The number of aromatic nitrogens is 1. The molecule has 3 aromatic rings. The van der Waals surface area contributed by atoms with Gasteiger partial charge in [0.1, 0.15) is 12.4 Å². The second kappa shape index (κ2) is 6.42. The van der Waals surface area contributed by atoms with Crippen LogP contribution in [-0.2, 0) is 6.54 Å². The summed E-state index contributed by atoms with van der Waals surface area (Å²) in [6.07, 6.45) is 0. The first-order valence-corrected chi connectivity index (χ1v) is 7.86.